The first-order chi connectivity index (χ1) is 21.0. The number of hydrogen-bond acceptors (Lipinski definition) is 7. The highest BCUT2D eigenvalue weighted by Gasteiger charge is 2.42. The zero-order chi connectivity index (χ0) is 31.5. The number of rotatable bonds is 8. The van der Waals surface area contributed by atoms with Crippen molar-refractivity contribution in [1.29, 1.82) is 0 Å². The van der Waals surface area contributed by atoms with E-state index >= 15 is 0 Å². The highest BCUT2D eigenvalue weighted by molar-refractivity contribution is 5.97. The second kappa shape index (κ2) is 13.6. The first-order valence-corrected chi connectivity index (χ1v) is 15.8. The lowest BCUT2D eigenvalue weighted by atomic mass is 9.96. The van der Waals surface area contributed by atoms with Gasteiger partial charge < -0.3 is 29.7 Å². The standard InChI is InChI=1S/C32H47N7O5/c1-21(2)39-28-9-7-6-8-22(28)16-27(30(39)41)29(40)34-23-17-24-10-11-25(18-23)38(24)20-26(44-31(42)33-3)19-36-12-14-37(15-13-36)32(43)35(4)5/h6-9,16,21,23-26H,10-15,17-20H2,1-5H3,(H,33,42)(H,34,40). The summed E-state index contributed by atoms with van der Waals surface area (Å²) in [5.74, 6) is -0.319. The van der Waals surface area contributed by atoms with Gasteiger partial charge in [-0.25, -0.2) is 9.59 Å². The van der Waals surface area contributed by atoms with Gasteiger partial charge in [-0.3, -0.25) is 19.4 Å². The van der Waals surface area contributed by atoms with Gasteiger partial charge in [0.2, 0.25) is 0 Å². The van der Waals surface area contributed by atoms with E-state index in [1.54, 1.807) is 36.7 Å². The number of aromatic nitrogens is 1. The second-order valence-electron chi connectivity index (χ2n) is 12.9. The Balaban J connectivity index is 1.22. The topological polar surface area (TPSA) is 119 Å². The average molecular weight is 610 g/mol. The number of piperidine rings is 1. The molecule has 3 atom stereocenters. The Hall–Kier alpha value is -3.64. The molecule has 3 fully saturated rings. The summed E-state index contributed by atoms with van der Waals surface area (Å²) >= 11 is 0. The van der Waals surface area contributed by atoms with Crippen molar-refractivity contribution in [2.24, 2.45) is 0 Å². The fourth-order valence-electron chi connectivity index (χ4n) is 7.18. The summed E-state index contributed by atoms with van der Waals surface area (Å²) in [6, 6.07) is 9.81. The molecule has 0 radical (unpaired) electrons. The van der Waals surface area contributed by atoms with Crippen molar-refractivity contribution in [3.05, 3.63) is 46.2 Å². The summed E-state index contributed by atoms with van der Waals surface area (Å²) in [7, 11) is 5.09. The third-order valence-electron chi connectivity index (χ3n) is 9.31. The Bertz CT molecular complexity index is 1400. The number of piperazine rings is 1. The van der Waals surface area contributed by atoms with E-state index in [1.807, 2.05) is 43.0 Å². The van der Waals surface area contributed by atoms with E-state index in [-0.39, 0.29) is 53.3 Å². The average Bonchev–Trinajstić information content (AvgIpc) is 3.22. The number of para-hydroxylation sites is 1. The Morgan fingerprint density at radius 3 is 2.27 bits per heavy atom. The number of fused-ring (bicyclic) bond motifs is 3. The van der Waals surface area contributed by atoms with Crippen LogP contribution in [0.5, 0.6) is 0 Å². The third kappa shape index (κ3) is 6.86. The molecule has 5 rings (SSSR count). The first kappa shape index (κ1) is 31.8. The van der Waals surface area contributed by atoms with Crippen LogP contribution in [0.4, 0.5) is 9.59 Å². The van der Waals surface area contributed by atoms with Crippen LogP contribution in [0.1, 0.15) is 55.9 Å². The first-order valence-electron chi connectivity index (χ1n) is 15.8. The van der Waals surface area contributed by atoms with E-state index in [4.69, 9.17) is 4.74 Å². The van der Waals surface area contributed by atoms with Crippen LogP contribution in [0.2, 0.25) is 0 Å². The quantitative estimate of drug-likeness (QED) is 0.472. The molecule has 0 spiro atoms. The fraction of sp³-hybridized carbons (Fsp3) is 0.625. The number of amides is 4. The molecule has 3 unspecified atom stereocenters. The molecule has 12 nitrogen and oxygen atoms in total. The van der Waals surface area contributed by atoms with E-state index in [9.17, 15) is 19.2 Å². The molecule has 0 aliphatic carbocycles. The maximum Gasteiger partial charge on any atom is 0.407 e. The minimum atomic E-state index is -0.451. The van der Waals surface area contributed by atoms with Crippen LogP contribution in [-0.4, -0.2) is 127 Å². The van der Waals surface area contributed by atoms with Crippen LogP contribution in [0.3, 0.4) is 0 Å². The van der Waals surface area contributed by atoms with Gasteiger partial charge in [0.05, 0.1) is 5.52 Å². The molecule has 1 aromatic heterocycles. The van der Waals surface area contributed by atoms with Gasteiger partial charge in [-0.2, -0.15) is 0 Å². The van der Waals surface area contributed by atoms with Crippen LogP contribution >= 0.6 is 0 Å². The normalized spacial score (nSPS) is 23.0. The number of nitrogens with one attached hydrogen (secondary N) is 2. The molecule has 4 heterocycles. The number of ether oxygens (including phenoxy) is 1. The van der Waals surface area contributed by atoms with Crippen molar-refractivity contribution >= 4 is 28.9 Å². The number of carbonyl (C=O) groups excluding carboxylic acids is 3. The number of hydrogen-bond donors (Lipinski definition) is 2. The van der Waals surface area contributed by atoms with Crippen LogP contribution < -0.4 is 16.2 Å². The SMILES string of the molecule is CNC(=O)OC(CN1CCN(C(=O)N(C)C)CC1)CN1C2CCC1CC(NC(=O)c1cc3ccccc3n(C(C)C)c1=O)C2. The number of urea groups is 1. The van der Waals surface area contributed by atoms with E-state index in [1.165, 1.54) is 0 Å². The van der Waals surface area contributed by atoms with Crippen molar-refractivity contribution in [3.63, 3.8) is 0 Å². The summed E-state index contributed by atoms with van der Waals surface area (Å²) in [5.41, 5.74) is 0.740. The zero-order valence-electron chi connectivity index (χ0n) is 26.6. The Labute approximate surface area is 259 Å². The van der Waals surface area contributed by atoms with E-state index in [0.29, 0.717) is 26.2 Å². The van der Waals surface area contributed by atoms with Crippen molar-refractivity contribution in [2.45, 2.75) is 69.8 Å². The Kier molecular flexibility index (Phi) is 9.79. The number of carbonyl (C=O) groups is 3. The molecular formula is C32H47N7O5. The minimum absolute atomic E-state index is 0.0144. The fourth-order valence-corrected chi connectivity index (χ4v) is 7.18. The number of benzene rings is 1. The summed E-state index contributed by atoms with van der Waals surface area (Å²) in [6.45, 7) is 7.84. The lowest BCUT2D eigenvalue weighted by Gasteiger charge is -2.42. The van der Waals surface area contributed by atoms with Crippen LogP contribution in [0, 0.1) is 0 Å². The van der Waals surface area contributed by atoms with Gasteiger partial charge >= 0.3 is 12.1 Å². The lowest BCUT2D eigenvalue weighted by Crippen LogP contribution is -2.56. The smallest absolute Gasteiger partial charge is 0.407 e. The molecule has 0 saturated carbocycles. The monoisotopic (exact) mass is 609 g/mol. The summed E-state index contributed by atoms with van der Waals surface area (Å²) < 4.78 is 7.54. The van der Waals surface area contributed by atoms with Gasteiger partial charge in [0.25, 0.3) is 11.5 Å². The van der Waals surface area contributed by atoms with E-state index < -0.39 is 6.09 Å². The molecule has 3 aliphatic heterocycles. The highest BCUT2D eigenvalue weighted by Crippen LogP contribution is 2.36. The van der Waals surface area contributed by atoms with Crippen LogP contribution in [0.15, 0.2) is 35.1 Å². The zero-order valence-corrected chi connectivity index (χ0v) is 26.6. The molecule has 2 N–H and O–H groups in total. The predicted octanol–water partition coefficient (Wildman–Crippen LogP) is 2.33. The molecule has 44 heavy (non-hydrogen) atoms. The molecule has 2 bridgehead atoms. The Morgan fingerprint density at radius 2 is 1.66 bits per heavy atom. The molecular weight excluding hydrogens is 562 g/mol. The molecule has 3 aliphatic rings. The van der Waals surface area contributed by atoms with Crippen LogP contribution in [0.25, 0.3) is 10.9 Å². The molecule has 240 valence electrons. The molecule has 4 amide bonds. The maximum absolute atomic E-state index is 13.5. The molecule has 3 saturated heterocycles. The summed E-state index contributed by atoms with van der Waals surface area (Å²) in [6.07, 6.45) is 2.83. The number of pyridine rings is 1. The second-order valence-corrected chi connectivity index (χ2v) is 12.9. The maximum atomic E-state index is 13.5. The predicted molar refractivity (Wildman–Crippen MR) is 169 cm³/mol. The molecule has 12 heteroatoms. The summed E-state index contributed by atoms with van der Waals surface area (Å²) in [4.78, 5) is 59.7. The van der Waals surface area contributed by atoms with Crippen molar-refractivity contribution < 1.29 is 19.1 Å². The van der Waals surface area contributed by atoms with Gasteiger partial charge in [0.1, 0.15) is 11.7 Å². The Morgan fingerprint density at radius 1 is 1.00 bits per heavy atom. The third-order valence-corrected chi connectivity index (χ3v) is 9.31. The van der Waals surface area contributed by atoms with Crippen LogP contribution in [-0.2, 0) is 4.74 Å². The van der Waals surface area contributed by atoms with E-state index in [2.05, 4.69) is 20.4 Å². The number of alkyl carbamates (subject to hydrolysis) is 1. The number of nitrogens with zero attached hydrogens (tertiary/aromatic N) is 5. The van der Waals surface area contributed by atoms with Gasteiger partial charge in [0.15, 0.2) is 0 Å². The van der Waals surface area contributed by atoms with Crippen molar-refractivity contribution in [2.75, 3.05) is 60.4 Å². The largest absolute Gasteiger partial charge is 0.444 e. The van der Waals surface area contributed by atoms with Gasteiger partial charge in [-0.05, 0) is 57.0 Å². The van der Waals surface area contributed by atoms with Gasteiger partial charge in [-0.15, -0.1) is 0 Å². The minimum Gasteiger partial charge on any atom is -0.444 e. The molecule has 1 aromatic carbocycles. The summed E-state index contributed by atoms with van der Waals surface area (Å²) in [5, 5.41) is 6.64. The van der Waals surface area contributed by atoms with Gasteiger partial charge in [0, 0.05) is 84.6 Å². The van der Waals surface area contributed by atoms with Crippen molar-refractivity contribution in [3.8, 4) is 0 Å². The van der Waals surface area contributed by atoms with Gasteiger partial charge in [-0.1, -0.05) is 18.2 Å². The lowest BCUT2D eigenvalue weighted by molar-refractivity contribution is 0.0119. The highest BCUT2D eigenvalue weighted by atomic mass is 16.6. The van der Waals surface area contributed by atoms with Crippen molar-refractivity contribution in [1.82, 2.24) is 34.8 Å². The van der Waals surface area contributed by atoms with E-state index in [0.717, 1.165) is 49.7 Å². The molecule has 2 aromatic rings.